The van der Waals surface area contributed by atoms with Crippen molar-refractivity contribution in [1.29, 1.82) is 0 Å². The number of aromatic nitrogens is 4. The molecule has 7 rings (SSSR count). The number of carbonyl (C=O) groups excluding carboxylic acids is 3. The second kappa shape index (κ2) is 20.9. The number of hydrogen-bond acceptors (Lipinski definition) is 11. The van der Waals surface area contributed by atoms with Crippen molar-refractivity contribution in [2.45, 2.75) is 95.3 Å². The number of nitrogens with one attached hydrogen (secondary N) is 1. The maximum absolute atomic E-state index is 12.9. The topological polar surface area (TPSA) is 157 Å². The van der Waals surface area contributed by atoms with Crippen molar-refractivity contribution >= 4 is 61.0 Å². The third-order valence-corrected chi connectivity index (χ3v) is 13.5. The van der Waals surface area contributed by atoms with Crippen LogP contribution >= 0.6 is 22.7 Å². The van der Waals surface area contributed by atoms with Crippen molar-refractivity contribution in [2.75, 3.05) is 28.2 Å². The Morgan fingerprint density at radius 3 is 1.67 bits per heavy atom. The third kappa shape index (κ3) is 13.8. The quantitative estimate of drug-likeness (QED) is 0.124. The number of fused-ring (bicyclic) bond motifs is 2. The van der Waals surface area contributed by atoms with E-state index >= 15 is 0 Å². The predicted molar refractivity (Wildman–Crippen MR) is 232 cm³/mol. The highest BCUT2D eigenvalue weighted by molar-refractivity contribution is 7.19. The average molecular weight is 935 g/mol. The number of hydrogen-bond donors (Lipinski definition) is 2. The molecule has 5 aromatic rings. The van der Waals surface area contributed by atoms with Crippen LogP contribution in [0, 0.1) is 23.7 Å². The van der Waals surface area contributed by atoms with Gasteiger partial charge < -0.3 is 25.6 Å². The molecule has 20 heteroatoms. The number of thiophene rings is 2. The summed E-state index contributed by atoms with van der Waals surface area (Å²) in [5, 5.41) is 4.20. The molecule has 0 radical (unpaired) electrons. The van der Waals surface area contributed by atoms with Crippen LogP contribution in [0.25, 0.3) is 20.4 Å². The maximum Gasteiger partial charge on any atom is 0.407 e. The number of nitrogens with zero attached hydrogens (tertiary/aromatic N) is 6. The van der Waals surface area contributed by atoms with Gasteiger partial charge >= 0.3 is 18.4 Å². The van der Waals surface area contributed by atoms with Crippen molar-refractivity contribution in [2.24, 2.45) is 29.4 Å². The molecule has 0 saturated heterocycles. The Kier molecular flexibility index (Phi) is 15.8. The lowest BCUT2D eigenvalue weighted by molar-refractivity contribution is -0.135. The molecule has 0 bridgehead atoms. The summed E-state index contributed by atoms with van der Waals surface area (Å²) in [6.45, 7) is 0.139. The molecule has 12 nitrogen and oxygen atoms in total. The fourth-order valence-electron chi connectivity index (χ4n) is 8.79. The zero-order chi connectivity index (χ0) is 46.3. The molecule has 4 heterocycles. The third-order valence-electron chi connectivity index (χ3n) is 11.4. The lowest BCUT2D eigenvalue weighted by atomic mass is 9.76. The Morgan fingerprint density at radius 1 is 0.703 bits per heavy atom. The first-order valence-corrected chi connectivity index (χ1v) is 22.6. The Labute approximate surface area is 375 Å². The first-order chi connectivity index (χ1) is 30.2. The number of halogens is 6. The van der Waals surface area contributed by atoms with Crippen molar-refractivity contribution < 1.29 is 45.5 Å². The Bertz CT molecular complexity index is 2370. The van der Waals surface area contributed by atoms with Crippen LogP contribution in [0.3, 0.4) is 0 Å². The van der Waals surface area contributed by atoms with E-state index in [2.05, 4.69) is 25.3 Å². The number of amides is 3. The molecule has 2 aliphatic rings. The zero-order valence-electron chi connectivity index (χ0n) is 35.9. The van der Waals surface area contributed by atoms with Crippen molar-refractivity contribution in [3.8, 4) is 0 Å². The van der Waals surface area contributed by atoms with E-state index in [4.69, 9.17) is 10.5 Å². The van der Waals surface area contributed by atoms with E-state index in [1.807, 2.05) is 30.3 Å². The lowest BCUT2D eigenvalue weighted by Gasteiger charge is -2.35. The molecule has 3 amide bonds. The molecule has 0 spiro atoms. The van der Waals surface area contributed by atoms with Crippen LogP contribution in [-0.2, 0) is 46.6 Å². The minimum absolute atomic E-state index is 0.00820. The summed E-state index contributed by atoms with van der Waals surface area (Å²) in [4.78, 5) is 59.3. The van der Waals surface area contributed by atoms with Crippen LogP contribution in [0.15, 0.2) is 55.1 Å². The van der Waals surface area contributed by atoms with Gasteiger partial charge in [0, 0.05) is 72.6 Å². The molecule has 3 N–H and O–H groups in total. The molecule has 0 aliphatic heterocycles. The highest BCUT2D eigenvalue weighted by atomic mass is 32.1. The van der Waals surface area contributed by atoms with Gasteiger partial charge in [-0.3, -0.25) is 9.59 Å². The van der Waals surface area contributed by atoms with E-state index in [0.29, 0.717) is 64.7 Å². The van der Waals surface area contributed by atoms with Gasteiger partial charge in [0.2, 0.25) is 11.8 Å². The summed E-state index contributed by atoms with van der Waals surface area (Å²) < 4.78 is 82.2. The van der Waals surface area contributed by atoms with Gasteiger partial charge in [-0.15, -0.1) is 22.7 Å². The summed E-state index contributed by atoms with van der Waals surface area (Å²) >= 11 is 2.07. The molecule has 64 heavy (non-hydrogen) atoms. The summed E-state index contributed by atoms with van der Waals surface area (Å²) in [5.41, 5.74) is 8.43. The standard InChI is InChI=1S/C26H29F3N4O3S.C18H23F3N4OS/c1-33(2)24(34)18-8-17(9-19(11-18)32-25(35)36-14-16-6-4-3-5-7-16)10-22-21-12-20(13-26(27,28)29)37-23(21)31-15-30-22;1-25(2)17(26)11-3-10(4-12(22)6-11)5-15-14-7-13(8-18(19,20)21)27-16(14)24-9-23-15/h3-7,12,15,17-19H,8-11,13-14H2,1-2H3,(H,32,35);7,9-12H,3-6,8,22H2,1-2H3/t17-,18+,19-;10-,11+,12-/m11/s1. The van der Waals surface area contributed by atoms with E-state index in [9.17, 15) is 40.7 Å². The molecule has 0 unspecified atom stereocenters. The molecular weight excluding hydrogens is 883 g/mol. The largest absolute Gasteiger partial charge is 0.445 e. The molecule has 6 atom stereocenters. The number of rotatable bonds is 11. The zero-order valence-corrected chi connectivity index (χ0v) is 37.5. The van der Waals surface area contributed by atoms with E-state index in [0.717, 1.165) is 46.8 Å². The highest BCUT2D eigenvalue weighted by Crippen LogP contribution is 2.38. The number of carbonyl (C=O) groups is 3. The summed E-state index contributed by atoms with van der Waals surface area (Å²) in [5.74, 6) is -0.197. The Morgan fingerprint density at radius 2 is 1.19 bits per heavy atom. The van der Waals surface area contributed by atoms with Crippen molar-refractivity contribution in [3.05, 3.63) is 81.8 Å². The van der Waals surface area contributed by atoms with Crippen LogP contribution in [-0.4, -0.2) is 100 Å². The van der Waals surface area contributed by atoms with Gasteiger partial charge in [-0.05, 0) is 80.9 Å². The SMILES string of the molecule is CN(C)C(=O)[C@@H]1C[C@H](N)C[C@H](Cc2ncnc3sc(CC(F)(F)F)cc23)C1.CN(C)C(=O)[C@H]1C[C@@H](Cc2ncnc3sc(CC(F)(F)F)cc23)C[C@@H](NC(=O)OCc2ccccc2)C1. The number of nitrogens with two attached hydrogens (primary N) is 1. The van der Waals surface area contributed by atoms with Crippen LogP contribution in [0.1, 0.15) is 65.2 Å². The Balaban J connectivity index is 0.000000223. The lowest BCUT2D eigenvalue weighted by Crippen LogP contribution is -2.45. The van der Waals surface area contributed by atoms with Crippen molar-refractivity contribution in [3.63, 3.8) is 0 Å². The van der Waals surface area contributed by atoms with Gasteiger partial charge in [-0.1, -0.05) is 30.3 Å². The van der Waals surface area contributed by atoms with Gasteiger partial charge in [0.1, 0.15) is 28.9 Å². The van der Waals surface area contributed by atoms with E-state index < -0.39 is 31.3 Å². The van der Waals surface area contributed by atoms with E-state index in [1.54, 1.807) is 44.1 Å². The molecule has 2 aliphatic carbocycles. The minimum atomic E-state index is -4.30. The second-order valence-corrected chi connectivity index (χ2v) is 19.4. The van der Waals surface area contributed by atoms with E-state index in [1.165, 1.54) is 18.7 Å². The van der Waals surface area contributed by atoms with Crippen LogP contribution in [0.4, 0.5) is 31.1 Å². The molecule has 346 valence electrons. The minimum Gasteiger partial charge on any atom is -0.445 e. The van der Waals surface area contributed by atoms with Gasteiger partial charge in [0.25, 0.3) is 0 Å². The van der Waals surface area contributed by atoms with Crippen LogP contribution in [0.2, 0.25) is 0 Å². The number of alkyl carbamates (subject to hydrolysis) is 1. The highest BCUT2D eigenvalue weighted by Gasteiger charge is 2.36. The smallest absolute Gasteiger partial charge is 0.407 e. The van der Waals surface area contributed by atoms with Gasteiger partial charge in [0.15, 0.2) is 0 Å². The summed E-state index contributed by atoms with van der Waals surface area (Å²) in [7, 11) is 6.87. The average Bonchev–Trinajstić information content (AvgIpc) is 3.82. The number of benzene rings is 1. The second-order valence-electron chi connectivity index (χ2n) is 17.2. The van der Waals surface area contributed by atoms with Crippen molar-refractivity contribution in [1.82, 2.24) is 35.1 Å². The fourth-order valence-corrected chi connectivity index (χ4v) is 10.9. The molecule has 2 saturated carbocycles. The van der Waals surface area contributed by atoms with Crippen LogP contribution in [0.5, 0.6) is 0 Å². The predicted octanol–water partition coefficient (Wildman–Crippen LogP) is 8.31. The summed E-state index contributed by atoms with van der Waals surface area (Å²) in [6, 6.07) is 12.1. The number of ether oxygens (including phenoxy) is 1. The molecule has 1 aromatic carbocycles. The van der Waals surface area contributed by atoms with E-state index in [-0.39, 0.29) is 63.9 Å². The molecule has 2 fully saturated rings. The molecular formula is C44H52F6N8O4S2. The van der Waals surface area contributed by atoms with Crippen LogP contribution < -0.4 is 11.1 Å². The fraction of sp³-hybridized carbons (Fsp3) is 0.523. The van der Waals surface area contributed by atoms with Gasteiger partial charge in [0.05, 0.1) is 24.2 Å². The molecule has 4 aromatic heterocycles. The van der Waals surface area contributed by atoms with Gasteiger partial charge in [-0.25, -0.2) is 24.7 Å². The number of alkyl halides is 6. The monoisotopic (exact) mass is 934 g/mol. The first-order valence-electron chi connectivity index (χ1n) is 20.9. The Hall–Kier alpha value is -4.95. The normalized spacial score (nSPS) is 21.5. The maximum atomic E-state index is 12.9. The first kappa shape index (κ1) is 48.5. The summed E-state index contributed by atoms with van der Waals surface area (Å²) in [6.07, 6.45) is -3.39. The van der Waals surface area contributed by atoms with Gasteiger partial charge in [-0.2, -0.15) is 26.3 Å².